The highest BCUT2D eigenvalue weighted by molar-refractivity contribution is 6.00. The van der Waals surface area contributed by atoms with Crippen LogP contribution >= 0.6 is 0 Å². The van der Waals surface area contributed by atoms with E-state index in [-0.39, 0.29) is 86.8 Å². The molecule has 23 heteroatoms. The summed E-state index contributed by atoms with van der Waals surface area (Å²) in [4.78, 5) is 140. The van der Waals surface area contributed by atoms with Crippen molar-refractivity contribution in [2.24, 2.45) is 29.6 Å². The summed E-state index contributed by atoms with van der Waals surface area (Å²) in [7, 11) is 3.78. The first-order valence-corrected chi connectivity index (χ1v) is 28.1. The number of carbonyl (C=O) groups is 10. The fraction of sp³-hybridized carbons (Fsp3) is 0.786. The van der Waals surface area contributed by atoms with Crippen molar-refractivity contribution in [2.75, 3.05) is 40.3 Å². The molecule has 10 amide bonds. The Morgan fingerprint density at radius 3 is 1.73 bits per heavy atom. The third-order valence-electron chi connectivity index (χ3n) is 13.5. The van der Waals surface area contributed by atoms with Gasteiger partial charge >= 0.3 is 0 Å². The maximum Gasteiger partial charge on any atom is 0.246 e. The highest BCUT2D eigenvalue weighted by atomic mass is 16.3. The van der Waals surface area contributed by atoms with Gasteiger partial charge in [-0.15, -0.1) is 0 Å². The molecule has 11 N–H and O–H groups in total. The first kappa shape index (κ1) is 71.3. The van der Waals surface area contributed by atoms with Crippen molar-refractivity contribution >= 4 is 59.1 Å². The minimum Gasteiger partial charge on any atom is -0.396 e. The summed E-state index contributed by atoms with van der Waals surface area (Å²) in [5.41, 5.74) is -4.86. The van der Waals surface area contributed by atoms with Crippen LogP contribution in [0.15, 0.2) is 12.2 Å². The van der Waals surface area contributed by atoms with E-state index in [0.717, 1.165) is 6.42 Å². The number of amides is 10. The number of likely N-dealkylation sites (tertiary alicyclic amines) is 1. The third kappa shape index (κ3) is 24.7. The standard InChI is InChI=1S/C56H101N11O12/c1-19-35(8)22-23-43(70)67-30-36(9)29-41(67)49(75)59-38(21-20-26-68)46(72)62-44(45(71)34(6)7)50(76)64-55(13,14)52(78)61-39(27-32(2)3)47(73)60-40(28-33(4)5)48(74)63-56(15,16)53(79)65-54(11,12)51(77)57-25-24-42(69)58-37(10)31-66(17)18/h22-23,32-41,44-45,68,71H,19-21,24-31H2,1-18H3,(H,57,77)(H,58,69)(H,59,75)(H,60,73)(H,61,78)(H,62,72)(H,63,74)(H,64,76)(H,65,79)/b23-22+/t35?,36-,37?,38?,39?,40?,41-,44?,45?/m0/s1. The van der Waals surface area contributed by atoms with Gasteiger partial charge < -0.3 is 67.9 Å². The Morgan fingerprint density at radius 1 is 0.671 bits per heavy atom. The Labute approximate surface area is 470 Å². The Morgan fingerprint density at radius 2 is 1.20 bits per heavy atom. The molecule has 23 nitrogen and oxygen atoms in total. The van der Waals surface area contributed by atoms with Crippen LogP contribution in [0.25, 0.3) is 0 Å². The van der Waals surface area contributed by atoms with Crippen molar-refractivity contribution in [3.8, 4) is 0 Å². The first-order chi connectivity index (χ1) is 36.4. The number of allylic oxidation sites excluding steroid dienone is 1. The van der Waals surface area contributed by atoms with Crippen molar-refractivity contribution in [1.82, 2.24) is 57.7 Å². The lowest BCUT2D eigenvalue weighted by Gasteiger charge is -2.34. The van der Waals surface area contributed by atoms with Gasteiger partial charge in [-0.1, -0.05) is 74.8 Å². The molecule has 0 aliphatic carbocycles. The van der Waals surface area contributed by atoms with E-state index in [1.54, 1.807) is 19.9 Å². The fourth-order valence-corrected chi connectivity index (χ4v) is 8.65. The van der Waals surface area contributed by atoms with E-state index in [0.29, 0.717) is 19.5 Å². The number of hydrogen-bond donors (Lipinski definition) is 11. The molecule has 0 saturated carbocycles. The largest absolute Gasteiger partial charge is 0.396 e. The highest BCUT2D eigenvalue weighted by Gasteiger charge is 2.43. The van der Waals surface area contributed by atoms with Crippen LogP contribution in [0.4, 0.5) is 0 Å². The van der Waals surface area contributed by atoms with E-state index in [2.05, 4.69) is 47.9 Å². The minimum atomic E-state index is -1.79. The van der Waals surface area contributed by atoms with Gasteiger partial charge in [0.25, 0.3) is 0 Å². The topological polar surface area (TPSA) is 326 Å². The average Bonchev–Trinajstić information content (AvgIpc) is 3.73. The Bertz CT molecular complexity index is 2110. The van der Waals surface area contributed by atoms with Crippen molar-refractivity contribution in [2.45, 2.75) is 215 Å². The number of rotatable bonds is 33. The van der Waals surface area contributed by atoms with E-state index < -0.39 is 106 Å². The predicted molar refractivity (Wildman–Crippen MR) is 302 cm³/mol. The van der Waals surface area contributed by atoms with Crippen LogP contribution in [-0.2, 0) is 47.9 Å². The van der Waals surface area contributed by atoms with Crippen LogP contribution in [0, 0.1) is 29.6 Å². The zero-order valence-electron chi connectivity index (χ0n) is 50.7. The van der Waals surface area contributed by atoms with Gasteiger partial charge in [-0.05, 0) is 130 Å². The summed E-state index contributed by atoms with van der Waals surface area (Å²) in [5, 5.41) is 45.3. The average molecular weight is 1120 g/mol. The lowest BCUT2D eigenvalue weighted by molar-refractivity contribution is -0.140. The van der Waals surface area contributed by atoms with Gasteiger partial charge in [-0.3, -0.25) is 47.9 Å². The van der Waals surface area contributed by atoms with Crippen LogP contribution in [-0.4, -0.2) is 178 Å². The molecule has 79 heavy (non-hydrogen) atoms. The van der Waals surface area contributed by atoms with Crippen LogP contribution in [0.2, 0.25) is 0 Å². The molecular weight excluding hydrogens is 1020 g/mol. The van der Waals surface area contributed by atoms with E-state index in [4.69, 9.17) is 0 Å². The van der Waals surface area contributed by atoms with Gasteiger partial charge in [0.2, 0.25) is 59.1 Å². The molecule has 0 bridgehead atoms. The lowest BCUT2D eigenvalue weighted by atomic mass is 9.95. The molecule has 1 fully saturated rings. The van der Waals surface area contributed by atoms with E-state index in [9.17, 15) is 58.2 Å². The number of carbonyl (C=O) groups excluding carboxylic acids is 10. The smallest absolute Gasteiger partial charge is 0.246 e. The van der Waals surface area contributed by atoms with Crippen molar-refractivity contribution in [3.05, 3.63) is 12.2 Å². The van der Waals surface area contributed by atoms with Gasteiger partial charge in [0.1, 0.15) is 46.8 Å². The molecule has 0 aromatic carbocycles. The highest BCUT2D eigenvalue weighted by Crippen LogP contribution is 2.24. The number of aliphatic hydroxyl groups excluding tert-OH is 2. The van der Waals surface area contributed by atoms with Gasteiger partial charge in [0.05, 0.1) is 6.10 Å². The molecule has 0 radical (unpaired) electrons. The van der Waals surface area contributed by atoms with Crippen LogP contribution < -0.4 is 47.9 Å². The number of likely N-dealkylation sites (N-methyl/N-ethyl adjacent to an activating group) is 1. The zero-order chi connectivity index (χ0) is 60.9. The molecule has 1 aliphatic rings. The summed E-state index contributed by atoms with van der Waals surface area (Å²) in [6.07, 6.45) is 3.17. The summed E-state index contributed by atoms with van der Waals surface area (Å²) in [5.74, 6) is -7.32. The number of hydrogen-bond acceptors (Lipinski definition) is 13. The van der Waals surface area contributed by atoms with Crippen LogP contribution in [0.5, 0.6) is 0 Å². The second-order valence-corrected chi connectivity index (χ2v) is 24.6. The first-order valence-electron chi connectivity index (χ1n) is 28.1. The molecule has 1 saturated heterocycles. The van der Waals surface area contributed by atoms with Gasteiger partial charge in [0.15, 0.2) is 0 Å². The Hall–Kier alpha value is -5.68. The van der Waals surface area contributed by atoms with Crippen LogP contribution in [0.1, 0.15) is 156 Å². The summed E-state index contributed by atoms with van der Waals surface area (Å²) < 4.78 is 0. The molecule has 9 atom stereocenters. The zero-order valence-corrected chi connectivity index (χ0v) is 50.7. The number of nitrogens with one attached hydrogen (secondary N) is 9. The van der Waals surface area contributed by atoms with Gasteiger partial charge in [0, 0.05) is 38.7 Å². The number of nitrogens with zero attached hydrogens (tertiary/aromatic N) is 2. The molecule has 452 valence electrons. The molecule has 1 rings (SSSR count). The molecule has 7 unspecified atom stereocenters. The van der Waals surface area contributed by atoms with Gasteiger partial charge in [-0.25, -0.2) is 0 Å². The Balaban J connectivity index is 3.27. The molecule has 1 aliphatic heterocycles. The summed E-state index contributed by atoms with van der Waals surface area (Å²) >= 11 is 0. The molecular formula is C56H101N11O12. The second-order valence-electron chi connectivity index (χ2n) is 24.6. The van der Waals surface area contributed by atoms with Crippen molar-refractivity contribution < 1.29 is 58.2 Å². The van der Waals surface area contributed by atoms with Crippen molar-refractivity contribution in [3.63, 3.8) is 0 Å². The van der Waals surface area contributed by atoms with E-state index in [1.807, 2.05) is 74.4 Å². The lowest BCUT2D eigenvalue weighted by Crippen LogP contribution is -2.66. The fourth-order valence-electron chi connectivity index (χ4n) is 8.65. The number of aliphatic hydroxyl groups is 2. The quantitative estimate of drug-likeness (QED) is 0.0408. The molecule has 0 aromatic heterocycles. The maximum atomic E-state index is 14.2. The van der Waals surface area contributed by atoms with Gasteiger partial charge in [-0.2, -0.15) is 0 Å². The predicted octanol–water partition coefficient (Wildman–Crippen LogP) is 0.903. The molecule has 0 spiro atoms. The SMILES string of the molecule is CCC(C)/C=C/C(=O)N1C[C@@H](C)C[C@H]1C(=O)NC(CCCO)C(=O)NC(C(=O)NC(C)(C)C(=O)NC(CC(C)C)C(=O)NC(CC(C)C)C(=O)NC(C)(C)C(=O)NC(C)(C)C(=O)NCCC(=O)NC(C)CN(C)C)C(O)C(C)C. The van der Waals surface area contributed by atoms with Crippen LogP contribution in [0.3, 0.4) is 0 Å². The third-order valence-corrected chi connectivity index (χ3v) is 13.5. The summed E-state index contributed by atoms with van der Waals surface area (Å²) in [6, 6.07) is -6.38. The molecule has 0 aromatic rings. The monoisotopic (exact) mass is 1120 g/mol. The second kappa shape index (κ2) is 32.5. The maximum absolute atomic E-state index is 14.2. The van der Waals surface area contributed by atoms with E-state index >= 15 is 0 Å². The minimum absolute atomic E-state index is 0.00995. The summed E-state index contributed by atoms with van der Waals surface area (Å²) in [6.45, 7) is 27.5. The molecule has 1 heterocycles. The Kier molecular flexibility index (Phi) is 29.4. The van der Waals surface area contributed by atoms with Crippen molar-refractivity contribution in [1.29, 1.82) is 0 Å². The van der Waals surface area contributed by atoms with E-state index in [1.165, 1.54) is 52.5 Å². The normalized spacial score (nSPS) is 17.7.